The lowest BCUT2D eigenvalue weighted by Gasteiger charge is -2.20. The number of hydrogen-bond acceptors (Lipinski definition) is 12. The van der Waals surface area contributed by atoms with E-state index in [0.717, 1.165) is 30.8 Å². The summed E-state index contributed by atoms with van der Waals surface area (Å²) in [7, 11) is 4.02. The van der Waals surface area contributed by atoms with Gasteiger partial charge in [-0.15, -0.1) is 0 Å². The SMILES string of the molecule is Brc1ccc2[nH]ncc2c1.CC(C)(C)OC(=O)OC(=O)OC(C)(C)C.CC(C)(C)OC(=O)n1ncc2cc(Br)ccc21.CCN(CC)CC.CN(C)c1ccncc1. The fraction of sp³-hybridized carbons (Fsp3) is 0.476. The van der Waals surface area contributed by atoms with Crippen LogP contribution < -0.4 is 4.90 Å². The number of anilines is 1. The number of aromatic nitrogens is 5. The van der Waals surface area contributed by atoms with Gasteiger partial charge in [-0.1, -0.05) is 52.6 Å². The van der Waals surface area contributed by atoms with Crippen molar-refractivity contribution in [3.63, 3.8) is 0 Å². The van der Waals surface area contributed by atoms with Crippen LogP contribution in [-0.4, -0.2) is 98.8 Å². The number of halogens is 2. The Bertz CT molecular complexity index is 1950. The molecule has 0 unspecified atom stereocenters. The Balaban J connectivity index is 0.000000376. The summed E-state index contributed by atoms with van der Waals surface area (Å²) in [6, 6.07) is 15.6. The highest BCUT2D eigenvalue weighted by Gasteiger charge is 2.24. The Morgan fingerprint density at radius 3 is 1.60 bits per heavy atom. The summed E-state index contributed by atoms with van der Waals surface area (Å²) >= 11 is 6.75. The number of pyridine rings is 1. The fourth-order valence-corrected chi connectivity index (χ4v) is 5.05. The van der Waals surface area contributed by atoms with Crippen LogP contribution in [0.2, 0.25) is 0 Å². The second kappa shape index (κ2) is 24.4. The third-order valence-electron chi connectivity index (χ3n) is 6.97. The lowest BCUT2D eigenvalue weighted by molar-refractivity contribution is -0.0294. The van der Waals surface area contributed by atoms with E-state index in [0.29, 0.717) is 0 Å². The van der Waals surface area contributed by atoms with Gasteiger partial charge in [-0.25, -0.2) is 14.4 Å². The first-order chi connectivity index (χ1) is 26.9. The predicted molar refractivity (Wildman–Crippen MR) is 238 cm³/mol. The highest BCUT2D eigenvalue weighted by atomic mass is 79.9. The molecule has 0 fully saturated rings. The maximum Gasteiger partial charge on any atom is 0.519 e. The monoisotopic (exact) mass is 933 g/mol. The van der Waals surface area contributed by atoms with Crippen LogP contribution in [-0.2, 0) is 18.9 Å². The van der Waals surface area contributed by atoms with Gasteiger partial charge in [-0.3, -0.25) is 10.1 Å². The number of rotatable bonds is 4. The van der Waals surface area contributed by atoms with Crippen molar-refractivity contribution in [3.8, 4) is 0 Å². The van der Waals surface area contributed by atoms with Crippen molar-refractivity contribution < 1.29 is 33.3 Å². The van der Waals surface area contributed by atoms with Crippen molar-refractivity contribution in [1.29, 1.82) is 0 Å². The molecule has 58 heavy (non-hydrogen) atoms. The van der Waals surface area contributed by atoms with Crippen LogP contribution in [0.25, 0.3) is 21.8 Å². The van der Waals surface area contributed by atoms with Crippen LogP contribution in [0.1, 0.15) is 83.1 Å². The summed E-state index contributed by atoms with van der Waals surface area (Å²) in [5, 5.41) is 12.8. The van der Waals surface area contributed by atoms with Gasteiger partial charge in [0.05, 0.1) is 23.4 Å². The summed E-state index contributed by atoms with van der Waals surface area (Å²) in [6.45, 7) is 25.6. The Kier molecular flexibility index (Phi) is 21.7. The number of aromatic amines is 1. The molecule has 3 heterocycles. The fourth-order valence-electron chi connectivity index (χ4n) is 4.29. The number of hydrogen-bond donors (Lipinski definition) is 1. The first-order valence-corrected chi connectivity index (χ1v) is 20.3. The molecule has 0 bridgehead atoms. The largest absolute Gasteiger partial charge is 0.519 e. The van der Waals surface area contributed by atoms with Gasteiger partial charge in [0.25, 0.3) is 0 Å². The Labute approximate surface area is 360 Å². The average Bonchev–Trinajstić information content (AvgIpc) is 3.75. The molecule has 0 saturated carbocycles. The molecule has 2 aromatic carbocycles. The zero-order chi connectivity index (χ0) is 44.3. The lowest BCUT2D eigenvalue weighted by atomic mass is 10.2. The highest BCUT2D eigenvalue weighted by molar-refractivity contribution is 9.10. The van der Waals surface area contributed by atoms with Gasteiger partial charge < -0.3 is 28.7 Å². The molecule has 5 aromatic rings. The van der Waals surface area contributed by atoms with Crippen LogP contribution in [0.15, 0.2) is 82.3 Å². The first-order valence-electron chi connectivity index (χ1n) is 18.8. The van der Waals surface area contributed by atoms with E-state index in [9.17, 15) is 14.4 Å². The van der Waals surface area contributed by atoms with Gasteiger partial charge in [-0.05, 0) is 130 Å². The molecule has 0 aliphatic carbocycles. The molecule has 0 aliphatic rings. The van der Waals surface area contributed by atoms with Crippen LogP contribution in [0.4, 0.5) is 20.1 Å². The number of benzene rings is 2. The van der Waals surface area contributed by atoms with E-state index in [2.05, 4.69) is 82.5 Å². The van der Waals surface area contributed by atoms with E-state index in [1.54, 1.807) is 66.3 Å². The average molecular weight is 936 g/mol. The summed E-state index contributed by atoms with van der Waals surface area (Å²) in [5.74, 6) is 0. The van der Waals surface area contributed by atoms with E-state index in [1.165, 1.54) is 30.0 Å². The van der Waals surface area contributed by atoms with E-state index >= 15 is 0 Å². The molecular formula is C42H61Br2N7O7. The van der Waals surface area contributed by atoms with Crippen LogP contribution in [0, 0.1) is 0 Å². The van der Waals surface area contributed by atoms with Crippen molar-refractivity contribution in [3.05, 3.63) is 82.3 Å². The number of carbonyl (C=O) groups is 3. The quantitative estimate of drug-likeness (QED) is 0.104. The van der Waals surface area contributed by atoms with Crippen LogP contribution >= 0.6 is 31.9 Å². The van der Waals surface area contributed by atoms with Crippen molar-refractivity contribution >= 4 is 77.8 Å². The molecule has 14 nitrogen and oxygen atoms in total. The summed E-state index contributed by atoms with van der Waals surface area (Å²) in [6.07, 6.45) is 4.44. The van der Waals surface area contributed by atoms with E-state index in [-0.39, 0.29) is 0 Å². The number of ether oxygens (including phenoxy) is 4. The molecular weight excluding hydrogens is 874 g/mol. The Hall–Kier alpha value is -4.54. The normalized spacial score (nSPS) is 11.0. The van der Waals surface area contributed by atoms with Crippen molar-refractivity contribution in [2.24, 2.45) is 0 Å². The number of carbonyl (C=O) groups excluding carboxylic acids is 3. The van der Waals surface area contributed by atoms with E-state index in [1.807, 2.05) is 88.3 Å². The standard InChI is InChI=1S/C12H13BrN2O2.C10H18O5.C7H5BrN2.C7H10N2.C6H15N/c1-12(2,3)17-11(16)15-10-5-4-9(13)6-8(10)7-14-15;1-9(2,3)14-7(11)13-8(12)15-10(4,5)6;8-6-1-2-7-5(3-6)4-9-10-7;1-9(2)7-3-5-8-6-4-7;1-4-7(5-2)6-3/h4-7H,1-3H3;1-6H3;1-4H,(H,9,10);3-6H,1-2H3;4-6H2,1-3H3. The smallest absolute Gasteiger partial charge is 0.442 e. The predicted octanol–water partition coefficient (Wildman–Crippen LogP) is 11.3. The molecule has 0 saturated heterocycles. The highest BCUT2D eigenvalue weighted by Crippen LogP contribution is 2.21. The maximum absolute atomic E-state index is 11.9. The van der Waals surface area contributed by atoms with Crippen molar-refractivity contribution in [1.82, 2.24) is 29.9 Å². The van der Waals surface area contributed by atoms with Crippen LogP contribution in [0.3, 0.4) is 0 Å². The minimum Gasteiger partial charge on any atom is -0.442 e. The molecule has 16 heteroatoms. The molecule has 0 radical (unpaired) electrons. The molecule has 0 atom stereocenters. The van der Waals surface area contributed by atoms with Crippen molar-refractivity contribution in [2.45, 2.75) is 99.9 Å². The molecule has 320 valence electrons. The van der Waals surface area contributed by atoms with E-state index < -0.39 is 35.2 Å². The molecule has 0 amide bonds. The molecule has 0 spiro atoms. The topological polar surface area (TPSA) is 154 Å². The number of fused-ring (bicyclic) bond motifs is 2. The van der Waals surface area contributed by atoms with Crippen LogP contribution in [0.5, 0.6) is 0 Å². The van der Waals surface area contributed by atoms with Gasteiger partial charge in [0, 0.05) is 51.9 Å². The second-order valence-corrected chi connectivity index (χ2v) is 17.4. The zero-order valence-electron chi connectivity index (χ0n) is 36.3. The minimum atomic E-state index is -1.06. The van der Waals surface area contributed by atoms with Gasteiger partial charge in [0.2, 0.25) is 0 Å². The number of H-pyrrole nitrogens is 1. The van der Waals surface area contributed by atoms with Gasteiger partial charge in [0.15, 0.2) is 0 Å². The Morgan fingerprint density at radius 1 is 0.690 bits per heavy atom. The molecule has 3 aromatic heterocycles. The van der Waals surface area contributed by atoms with Gasteiger partial charge >= 0.3 is 18.4 Å². The summed E-state index contributed by atoms with van der Waals surface area (Å²) in [4.78, 5) is 42.2. The first kappa shape index (κ1) is 51.5. The molecule has 0 aliphatic heterocycles. The third kappa shape index (κ3) is 21.8. The molecule has 1 N–H and O–H groups in total. The lowest BCUT2D eigenvalue weighted by Crippen LogP contribution is -2.29. The zero-order valence-corrected chi connectivity index (χ0v) is 39.5. The number of nitrogens with zero attached hydrogens (tertiary/aromatic N) is 6. The van der Waals surface area contributed by atoms with E-state index in [4.69, 9.17) is 14.2 Å². The Morgan fingerprint density at radius 2 is 1.17 bits per heavy atom. The summed E-state index contributed by atoms with van der Waals surface area (Å²) < 4.78 is 22.4. The maximum atomic E-state index is 11.9. The van der Waals surface area contributed by atoms with Gasteiger partial charge in [-0.2, -0.15) is 14.9 Å². The minimum absolute atomic E-state index is 0.463. The third-order valence-corrected chi connectivity index (χ3v) is 7.95. The number of nitrogens with one attached hydrogen (secondary N) is 1. The van der Waals surface area contributed by atoms with Crippen molar-refractivity contribution in [2.75, 3.05) is 38.6 Å². The molecule has 5 rings (SSSR count). The summed E-state index contributed by atoms with van der Waals surface area (Å²) in [5.41, 5.74) is 1.08. The second-order valence-electron chi connectivity index (χ2n) is 15.6. The van der Waals surface area contributed by atoms with Gasteiger partial charge in [0.1, 0.15) is 16.8 Å².